The second-order valence-electron chi connectivity index (χ2n) is 3.83. The van der Waals surface area contributed by atoms with Crippen molar-refractivity contribution in [2.24, 2.45) is 13.0 Å². The summed E-state index contributed by atoms with van der Waals surface area (Å²) in [4.78, 5) is 0. The van der Waals surface area contributed by atoms with Gasteiger partial charge in [-0.25, -0.2) is 4.68 Å². The number of ether oxygens (including phenoxy) is 1. The topological polar surface area (TPSA) is 52.0 Å². The fourth-order valence-electron chi connectivity index (χ4n) is 1.70. The molecule has 0 amide bonds. The van der Waals surface area contributed by atoms with E-state index in [1.54, 1.807) is 10.9 Å². The standard InChI is InChI=1S/C9H16N4O/c1-7-6-14-4-3-8(7)11-9-5-10-12-13(9)2/h5,7-8,11H,3-4,6H2,1-2H3. The van der Waals surface area contributed by atoms with E-state index < -0.39 is 0 Å². The minimum atomic E-state index is 0.473. The van der Waals surface area contributed by atoms with Crippen LogP contribution in [0.15, 0.2) is 6.20 Å². The number of nitrogens with zero attached hydrogens (tertiary/aromatic N) is 3. The van der Waals surface area contributed by atoms with Crippen molar-refractivity contribution in [2.75, 3.05) is 18.5 Å². The lowest BCUT2D eigenvalue weighted by Crippen LogP contribution is -2.36. The lowest BCUT2D eigenvalue weighted by Gasteiger charge is -2.29. The predicted octanol–water partition coefficient (Wildman–Crippen LogP) is 0.652. The van der Waals surface area contributed by atoms with Crippen LogP contribution in [0, 0.1) is 5.92 Å². The summed E-state index contributed by atoms with van der Waals surface area (Å²) in [6, 6.07) is 0.473. The Morgan fingerprint density at radius 1 is 1.64 bits per heavy atom. The molecule has 2 heterocycles. The van der Waals surface area contributed by atoms with Gasteiger partial charge < -0.3 is 10.1 Å². The first-order chi connectivity index (χ1) is 6.77. The summed E-state index contributed by atoms with van der Waals surface area (Å²) in [6.45, 7) is 3.87. The highest BCUT2D eigenvalue weighted by Gasteiger charge is 2.22. The molecule has 0 spiro atoms. The number of aryl methyl sites for hydroxylation is 1. The van der Waals surface area contributed by atoms with Gasteiger partial charge in [-0.15, -0.1) is 5.10 Å². The summed E-state index contributed by atoms with van der Waals surface area (Å²) in [5, 5.41) is 11.1. The van der Waals surface area contributed by atoms with Crippen LogP contribution in [-0.2, 0) is 11.8 Å². The summed E-state index contributed by atoms with van der Waals surface area (Å²) >= 11 is 0. The van der Waals surface area contributed by atoms with Crippen molar-refractivity contribution in [2.45, 2.75) is 19.4 Å². The fraction of sp³-hybridized carbons (Fsp3) is 0.778. The first-order valence-corrected chi connectivity index (χ1v) is 4.96. The van der Waals surface area contributed by atoms with Gasteiger partial charge in [0.2, 0.25) is 0 Å². The zero-order chi connectivity index (χ0) is 9.97. The fourth-order valence-corrected chi connectivity index (χ4v) is 1.70. The number of hydrogen-bond donors (Lipinski definition) is 1. The molecule has 0 radical (unpaired) electrons. The molecule has 2 atom stereocenters. The van der Waals surface area contributed by atoms with Gasteiger partial charge in [-0.3, -0.25) is 0 Å². The van der Waals surface area contributed by atoms with E-state index in [1.165, 1.54) is 0 Å². The molecule has 2 unspecified atom stereocenters. The second kappa shape index (κ2) is 3.96. The number of nitrogens with one attached hydrogen (secondary N) is 1. The Kier molecular flexibility index (Phi) is 2.67. The molecule has 1 aliphatic rings. The van der Waals surface area contributed by atoms with Crippen LogP contribution in [0.5, 0.6) is 0 Å². The zero-order valence-electron chi connectivity index (χ0n) is 8.60. The predicted molar refractivity (Wildman–Crippen MR) is 53.0 cm³/mol. The van der Waals surface area contributed by atoms with Gasteiger partial charge in [0.1, 0.15) is 5.82 Å². The highest BCUT2D eigenvalue weighted by atomic mass is 16.5. The van der Waals surface area contributed by atoms with Crippen LogP contribution in [0.2, 0.25) is 0 Å². The molecule has 0 saturated carbocycles. The Labute approximate surface area is 83.4 Å². The maximum atomic E-state index is 5.38. The van der Waals surface area contributed by atoms with E-state index in [1.807, 2.05) is 7.05 Å². The number of hydrogen-bond acceptors (Lipinski definition) is 4. The minimum absolute atomic E-state index is 0.473. The molecule has 1 fully saturated rings. The summed E-state index contributed by atoms with van der Waals surface area (Å²) in [6.07, 6.45) is 2.80. The molecule has 1 aliphatic heterocycles. The van der Waals surface area contributed by atoms with Crippen molar-refractivity contribution in [3.8, 4) is 0 Å². The van der Waals surface area contributed by atoms with Gasteiger partial charge >= 0.3 is 0 Å². The van der Waals surface area contributed by atoms with Gasteiger partial charge in [0.05, 0.1) is 12.8 Å². The molecule has 1 saturated heterocycles. The number of aromatic nitrogens is 3. The van der Waals surface area contributed by atoms with Gasteiger partial charge in [0.25, 0.3) is 0 Å². The highest BCUT2D eigenvalue weighted by Crippen LogP contribution is 2.18. The zero-order valence-corrected chi connectivity index (χ0v) is 8.60. The third-order valence-electron chi connectivity index (χ3n) is 2.69. The first-order valence-electron chi connectivity index (χ1n) is 4.96. The summed E-state index contributed by atoms with van der Waals surface area (Å²) in [5.74, 6) is 1.52. The molecule has 1 aromatic heterocycles. The van der Waals surface area contributed by atoms with Crippen molar-refractivity contribution >= 4 is 5.82 Å². The Morgan fingerprint density at radius 2 is 2.50 bits per heavy atom. The molecule has 5 nitrogen and oxygen atoms in total. The monoisotopic (exact) mass is 196 g/mol. The van der Waals surface area contributed by atoms with E-state index in [4.69, 9.17) is 4.74 Å². The van der Waals surface area contributed by atoms with Crippen LogP contribution in [0.25, 0.3) is 0 Å². The largest absolute Gasteiger partial charge is 0.381 e. The van der Waals surface area contributed by atoms with Crippen LogP contribution in [0.1, 0.15) is 13.3 Å². The maximum absolute atomic E-state index is 5.38. The van der Waals surface area contributed by atoms with Gasteiger partial charge in [-0.1, -0.05) is 12.1 Å². The first kappa shape index (κ1) is 9.45. The average Bonchev–Trinajstić information content (AvgIpc) is 2.56. The lowest BCUT2D eigenvalue weighted by atomic mass is 9.98. The van der Waals surface area contributed by atoms with Crippen LogP contribution >= 0.6 is 0 Å². The van der Waals surface area contributed by atoms with Crippen molar-refractivity contribution in [1.82, 2.24) is 15.0 Å². The van der Waals surface area contributed by atoms with Gasteiger partial charge in [-0.05, 0) is 12.3 Å². The Bertz CT molecular complexity index is 299. The van der Waals surface area contributed by atoms with E-state index in [0.29, 0.717) is 12.0 Å². The summed E-state index contributed by atoms with van der Waals surface area (Å²) in [5.41, 5.74) is 0. The van der Waals surface area contributed by atoms with Crippen LogP contribution in [-0.4, -0.2) is 34.2 Å². The molecule has 1 aromatic rings. The van der Waals surface area contributed by atoms with Gasteiger partial charge in [-0.2, -0.15) is 0 Å². The lowest BCUT2D eigenvalue weighted by molar-refractivity contribution is 0.0536. The Hall–Kier alpha value is -1.10. The minimum Gasteiger partial charge on any atom is -0.381 e. The van der Waals surface area contributed by atoms with Crippen molar-refractivity contribution < 1.29 is 4.74 Å². The molecule has 1 N–H and O–H groups in total. The normalized spacial score (nSPS) is 27.6. The SMILES string of the molecule is CC1COCCC1Nc1cnnn1C. The molecule has 0 aromatic carbocycles. The Balaban J connectivity index is 1.99. The van der Waals surface area contributed by atoms with E-state index in [9.17, 15) is 0 Å². The molecular weight excluding hydrogens is 180 g/mol. The number of anilines is 1. The molecule has 2 rings (SSSR count). The molecule has 0 bridgehead atoms. The van der Waals surface area contributed by atoms with Crippen molar-refractivity contribution in [3.63, 3.8) is 0 Å². The van der Waals surface area contributed by atoms with E-state index in [-0.39, 0.29) is 0 Å². The van der Waals surface area contributed by atoms with Gasteiger partial charge in [0.15, 0.2) is 0 Å². The molecule has 0 aliphatic carbocycles. The molecule has 78 valence electrons. The van der Waals surface area contributed by atoms with Crippen LogP contribution in [0.4, 0.5) is 5.82 Å². The van der Waals surface area contributed by atoms with E-state index in [2.05, 4.69) is 22.6 Å². The smallest absolute Gasteiger partial charge is 0.144 e. The van der Waals surface area contributed by atoms with Gasteiger partial charge in [0, 0.05) is 19.7 Å². The van der Waals surface area contributed by atoms with Crippen molar-refractivity contribution in [3.05, 3.63) is 6.20 Å². The summed E-state index contributed by atoms with van der Waals surface area (Å²) in [7, 11) is 1.89. The molecule has 14 heavy (non-hydrogen) atoms. The van der Waals surface area contributed by atoms with Crippen LogP contribution < -0.4 is 5.32 Å². The third kappa shape index (κ3) is 1.87. The second-order valence-corrected chi connectivity index (χ2v) is 3.83. The Morgan fingerprint density at radius 3 is 3.14 bits per heavy atom. The van der Waals surface area contributed by atoms with E-state index >= 15 is 0 Å². The maximum Gasteiger partial charge on any atom is 0.144 e. The highest BCUT2D eigenvalue weighted by molar-refractivity contribution is 5.32. The van der Waals surface area contributed by atoms with Crippen LogP contribution in [0.3, 0.4) is 0 Å². The molecule has 5 heteroatoms. The summed E-state index contributed by atoms with van der Waals surface area (Å²) < 4.78 is 7.14. The van der Waals surface area contributed by atoms with E-state index in [0.717, 1.165) is 25.5 Å². The molecular formula is C9H16N4O. The average molecular weight is 196 g/mol. The quantitative estimate of drug-likeness (QED) is 0.754. The third-order valence-corrected chi connectivity index (χ3v) is 2.69. The van der Waals surface area contributed by atoms with Crippen molar-refractivity contribution in [1.29, 1.82) is 0 Å². The number of rotatable bonds is 2.